The summed E-state index contributed by atoms with van der Waals surface area (Å²) in [4.78, 5) is 13.1. The predicted molar refractivity (Wildman–Crippen MR) is 105 cm³/mol. The zero-order valence-corrected chi connectivity index (χ0v) is 18.9. The van der Waals surface area contributed by atoms with Crippen molar-refractivity contribution in [3.05, 3.63) is 28.8 Å². The van der Waals surface area contributed by atoms with Crippen molar-refractivity contribution in [1.82, 2.24) is 9.21 Å². The highest BCUT2D eigenvalue weighted by Gasteiger charge is 2.38. The molecule has 1 aliphatic heterocycles. The van der Waals surface area contributed by atoms with E-state index in [-0.39, 0.29) is 31.2 Å². The average molecular weight is 491 g/mol. The molecular formula is C17H22ClF3N2O5S2. The minimum Gasteiger partial charge on any atom is -0.339 e. The first-order chi connectivity index (χ1) is 13.6. The van der Waals surface area contributed by atoms with Gasteiger partial charge in [0.05, 0.1) is 15.8 Å². The van der Waals surface area contributed by atoms with Crippen LogP contribution in [-0.2, 0) is 30.8 Å². The van der Waals surface area contributed by atoms with Crippen LogP contribution in [0.5, 0.6) is 0 Å². The van der Waals surface area contributed by atoms with E-state index in [9.17, 15) is 34.8 Å². The third-order valence-corrected chi connectivity index (χ3v) is 9.81. The van der Waals surface area contributed by atoms with Crippen molar-refractivity contribution in [2.45, 2.75) is 42.3 Å². The second-order valence-corrected chi connectivity index (χ2v) is 12.3. The van der Waals surface area contributed by atoms with Crippen LogP contribution in [0.1, 0.15) is 26.3 Å². The maximum Gasteiger partial charge on any atom is 0.416 e. The summed E-state index contributed by atoms with van der Waals surface area (Å²) in [5.41, 5.74) is -1.15. The van der Waals surface area contributed by atoms with Crippen LogP contribution >= 0.6 is 11.6 Å². The van der Waals surface area contributed by atoms with Gasteiger partial charge in [0.1, 0.15) is 10.1 Å². The Labute approximate surface area is 178 Å². The zero-order chi connectivity index (χ0) is 23.1. The van der Waals surface area contributed by atoms with Gasteiger partial charge in [0.2, 0.25) is 15.9 Å². The molecule has 7 nitrogen and oxygen atoms in total. The molecule has 1 atom stereocenters. The number of sulfone groups is 1. The molecule has 1 unspecified atom stereocenters. The third-order valence-electron chi connectivity index (χ3n) is 4.92. The monoisotopic (exact) mass is 490 g/mol. The van der Waals surface area contributed by atoms with Crippen LogP contribution in [0.25, 0.3) is 0 Å². The van der Waals surface area contributed by atoms with E-state index in [0.717, 1.165) is 10.4 Å². The molecule has 0 saturated carbocycles. The number of hydrogen-bond acceptors (Lipinski definition) is 5. The van der Waals surface area contributed by atoms with Gasteiger partial charge in [-0.2, -0.15) is 17.5 Å². The molecule has 0 aliphatic carbocycles. The summed E-state index contributed by atoms with van der Waals surface area (Å²) in [5.74, 6) is -0.641. The van der Waals surface area contributed by atoms with Gasteiger partial charge in [-0.3, -0.25) is 4.79 Å². The first-order valence-electron chi connectivity index (χ1n) is 8.98. The summed E-state index contributed by atoms with van der Waals surface area (Å²) in [5, 5.41) is -2.38. The molecule has 2 rings (SSSR count). The summed E-state index contributed by atoms with van der Waals surface area (Å²) in [6, 6.07) is 2.04. The Hall–Kier alpha value is -1.37. The van der Waals surface area contributed by atoms with Crippen molar-refractivity contribution < 1.29 is 34.8 Å². The first-order valence-corrected chi connectivity index (χ1v) is 12.4. The minimum absolute atomic E-state index is 0.0907. The number of piperazine rings is 1. The Kier molecular flexibility index (Phi) is 7.17. The molecule has 170 valence electrons. The molecule has 0 radical (unpaired) electrons. The van der Waals surface area contributed by atoms with Crippen molar-refractivity contribution in [2.24, 2.45) is 0 Å². The number of nitrogens with zero attached hydrogens (tertiary/aromatic N) is 2. The van der Waals surface area contributed by atoms with E-state index in [2.05, 4.69) is 0 Å². The van der Waals surface area contributed by atoms with E-state index in [4.69, 9.17) is 11.6 Å². The maximum atomic E-state index is 13.0. The lowest BCUT2D eigenvalue weighted by atomic mass is 10.2. The molecule has 30 heavy (non-hydrogen) atoms. The second kappa shape index (κ2) is 8.64. The number of alkyl halides is 3. The van der Waals surface area contributed by atoms with Crippen molar-refractivity contribution in [2.75, 3.05) is 26.2 Å². The highest BCUT2D eigenvalue weighted by molar-refractivity contribution is 7.93. The molecule has 1 amide bonds. The van der Waals surface area contributed by atoms with Crippen LogP contribution in [0.3, 0.4) is 0 Å². The van der Waals surface area contributed by atoms with Crippen molar-refractivity contribution in [3.8, 4) is 0 Å². The van der Waals surface area contributed by atoms with Crippen molar-refractivity contribution in [1.29, 1.82) is 0 Å². The number of sulfonamides is 1. The minimum atomic E-state index is -4.74. The van der Waals surface area contributed by atoms with E-state index < -0.39 is 52.9 Å². The lowest BCUT2D eigenvalue weighted by Gasteiger charge is -2.35. The number of carbonyl (C=O) groups is 1. The lowest BCUT2D eigenvalue weighted by Crippen LogP contribution is -2.53. The van der Waals surface area contributed by atoms with Crippen LogP contribution < -0.4 is 0 Å². The highest BCUT2D eigenvalue weighted by Crippen LogP contribution is 2.34. The van der Waals surface area contributed by atoms with Gasteiger partial charge in [-0.1, -0.05) is 11.6 Å². The summed E-state index contributed by atoms with van der Waals surface area (Å²) in [7, 11) is -8.02. The highest BCUT2D eigenvalue weighted by atomic mass is 35.5. The van der Waals surface area contributed by atoms with Gasteiger partial charge < -0.3 is 4.90 Å². The summed E-state index contributed by atoms with van der Waals surface area (Å²) in [6.07, 6.45) is -4.74. The molecule has 1 fully saturated rings. The largest absolute Gasteiger partial charge is 0.416 e. The molecule has 1 saturated heterocycles. The second-order valence-electron chi connectivity index (χ2n) is 7.15. The molecular weight excluding hydrogens is 469 g/mol. The summed E-state index contributed by atoms with van der Waals surface area (Å²) >= 11 is 5.85. The van der Waals surface area contributed by atoms with Gasteiger partial charge in [-0.25, -0.2) is 16.8 Å². The zero-order valence-electron chi connectivity index (χ0n) is 16.5. The number of carbonyl (C=O) groups excluding carboxylic acids is 1. The molecule has 0 N–H and O–H groups in total. The number of rotatable bonds is 5. The van der Waals surface area contributed by atoms with Crippen LogP contribution in [0.4, 0.5) is 13.2 Å². The fraction of sp³-hybridized carbons (Fsp3) is 0.588. The SMILES string of the molecule is CC(C)S(=O)(=O)C(C)C(=O)N1CCN(S(=O)(=O)c2cc(C(F)(F)F)ccc2Cl)CC1. The first kappa shape index (κ1) is 24.9. The lowest BCUT2D eigenvalue weighted by molar-refractivity contribution is -0.137. The fourth-order valence-corrected chi connectivity index (χ4v) is 6.14. The van der Waals surface area contributed by atoms with Gasteiger partial charge in [0.25, 0.3) is 0 Å². The molecule has 1 aliphatic rings. The molecule has 0 bridgehead atoms. The smallest absolute Gasteiger partial charge is 0.339 e. The van der Waals surface area contributed by atoms with E-state index >= 15 is 0 Å². The van der Waals surface area contributed by atoms with Gasteiger partial charge in [0.15, 0.2) is 9.84 Å². The number of benzene rings is 1. The topological polar surface area (TPSA) is 91.8 Å². The standard InChI is InChI=1S/C17H22ClF3N2O5S2/c1-11(2)29(25,26)12(3)16(24)22-6-8-23(9-7-22)30(27,28)15-10-13(17(19,20)21)4-5-14(15)18/h4-5,10-12H,6-9H2,1-3H3. The predicted octanol–water partition coefficient (Wildman–Crippen LogP) is 2.40. The molecule has 13 heteroatoms. The Bertz CT molecular complexity index is 1020. The Morgan fingerprint density at radius 2 is 1.57 bits per heavy atom. The Morgan fingerprint density at radius 3 is 2.03 bits per heavy atom. The van der Waals surface area contributed by atoms with Gasteiger partial charge in [-0.15, -0.1) is 0 Å². The van der Waals surface area contributed by atoms with E-state index in [1.54, 1.807) is 0 Å². The number of halogens is 4. The normalized spacial score (nSPS) is 17.9. The van der Waals surface area contributed by atoms with E-state index in [0.29, 0.717) is 12.1 Å². The third kappa shape index (κ3) is 4.92. The average Bonchev–Trinajstić information content (AvgIpc) is 2.66. The van der Waals surface area contributed by atoms with E-state index in [1.807, 2.05) is 0 Å². The quantitative estimate of drug-likeness (QED) is 0.632. The van der Waals surface area contributed by atoms with Gasteiger partial charge in [-0.05, 0) is 39.0 Å². The number of amides is 1. The van der Waals surface area contributed by atoms with Gasteiger partial charge in [0, 0.05) is 26.2 Å². The molecule has 0 spiro atoms. The molecule has 1 heterocycles. The van der Waals surface area contributed by atoms with Gasteiger partial charge >= 0.3 is 6.18 Å². The van der Waals surface area contributed by atoms with Crippen molar-refractivity contribution in [3.63, 3.8) is 0 Å². The van der Waals surface area contributed by atoms with Crippen LogP contribution in [0, 0.1) is 0 Å². The Balaban J connectivity index is 2.20. The fourth-order valence-electron chi connectivity index (χ4n) is 2.97. The van der Waals surface area contributed by atoms with Crippen molar-refractivity contribution >= 4 is 37.4 Å². The van der Waals surface area contributed by atoms with Crippen LogP contribution in [0.2, 0.25) is 5.02 Å². The maximum absolute atomic E-state index is 13.0. The summed E-state index contributed by atoms with van der Waals surface area (Å²) < 4.78 is 89.9. The van der Waals surface area contributed by atoms with E-state index in [1.165, 1.54) is 25.7 Å². The van der Waals surface area contributed by atoms with Crippen LogP contribution in [-0.4, -0.2) is 68.6 Å². The van der Waals surface area contributed by atoms with Crippen LogP contribution in [0.15, 0.2) is 23.1 Å². The number of hydrogen-bond donors (Lipinski definition) is 0. The Morgan fingerprint density at radius 1 is 1.03 bits per heavy atom. The molecule has 1 aromatic rings. The molecule has 1 aromatic carbocycles. The molecule has 0 aromatic heterocycles. The summed E-state index contributed by atoms with van der Waals surface area (Å²) in [6.45, 7) is 3.62.